The molecule has 2 aromatic carbocycles. The van der Waals surface area contributed by atoms with E-state index in [1.807, 2.05) is 36.4 Å². The van der Waals surface area contributed by atoms with Crippen LogP contribution in [-0.4, -0.2) is 16.0 Å². The number of hydrogen-bond donors (Lipinski definition) is 1. The Morgan fingerprint density at radius 1 is 1.21 bits per heavy atom. The third-order valence-corrected chi connectivity index (χ3v) is 3.97. The van der Waals surface area contributed by atoms with Crippen molar-refractivity contribution >= 4 is 33.4 Å². The molecule has 0 atom stereocenters. The van der Waals surface area contributed by atoms with Crippen LogP contribution in [-0.2, 0) is 17.8 Å². The normalized spacial score (nSPS) is 10.6. The van der Waals surface area contributed by atoms with Gasteiger partial charge in [-0.3, -0.25) is 4.79 Å². The lowest BCUT2D eigenvalue weighted by molar-refractivity contribution is -0.120. The number of hydrogen-bond acceptors (Lipinski definition) is 4. The van der Waals surface area contributed by atoms with Gasteiger partial charge in [-0.1, -0.05) is 57.0 Å². The van der Waals surface area contributed by atoms with Crippen LogP contribution in [0.15, 0.2) is 57.5 Å². The molecule has 1 heterocycles. The Kier molecular flexibility index (Phi) is 5.27. The summed E-state index contributed by atoms with van der Waals surface area (Å²) in [6.45, 7) is 0.181. The van der Waals surface area contributed by atoms with Gasteiger partial charge in [-0.2, -0.15) is 4.98 Å². The molecule has 0 radical (unpaired) electrons. The summed E-state index contributed by atoms with van der Waals surface area (Å²) in [5.74, 6) is 0.664. The highest BCUT2D eigenvalue weighted by Crippen LogP contribution is 2.19. The molecule has 7 heteroatoms. The van der Waals surface area contributed by atoms with Crippen molar-refractivity contribution in [3.8, 4) is 11.4 Å². The van der Waals surface area contributed by atoms with Crippen molar-refractivity contribution in [1.82, 2.24) is 15.5 Å². The van der Waals surface area contributed by atoms with Gasteiger partial charge in [0.15, 0.2) is 0 Å². The van der Waals surface area contributed by atoms with Crippen LogP contribution in [0.25, 0.3) is 11.4 Å². The summed E-state index contributed by atoms with van der Waals surface area (Å²) in [6, 6.07) is 14.8. The van der Waals surface area contributed by atoms with E-state index >= 15 is 0 Å². The first-order valence-corrected chi connectivity index (χ1v) is 8.37. The first kappa shape index (κ1) is 16.7. The van der Waals surface area contributed by atoms with E-state index in [4.69, 9.17) is 16.1 Å². The topological polar surface area (TPSA) is 68.0 Å². The second-order valence-corrected chi connectivity index (χ2v) is 6.46. The summed E-state index contributed by atoms with van der Waals surface area (Å²) in [4.78, 5) is 16.2. The molecular weight excluding hydrogens is 394 g/mol. The minimum absolute atomic E-state index is 0.115. The van der Waals surface area contributed by atoms with Crippen LogP contribution in [0.3, 0.4) is 0 Å². The van der Waals surface area contributed by atoms with Gasteiger partial charge < -0.3 is 9.84 Å². The standard InChI is InChI=1S/C17H13BrClN3O2/c18-13-5-1-3-11(7-13)8-15(23)20-10-16-21-17(22-24-16)12-4-2-6-14(19)9-12/h1-7,9H,8,10H2,(H,20,23). The third-order valence-electron chi connectivity index (χ3n) is 3.24. The average Bonchev–Trinajstić information content (AvgIpc) is 3.02. The minimum Gasteiger partial charge on any atom is -0.347 e. The number of benzene rings is 2. The highest BCUT2D eigenvalue weighted by molar-refractivity contribution is 9.10. The molecule has 3 aromatic rings. The molecule has 0 aliphatic carbocycles. The van der Waals surface area contributed by atoms with Crippen molar-refractivity contribution < 1.29 is 9.32 Å². The molecule has 0 unspecified atom stereocenters. The molecule has 1 amide bonds. The lowest BCUT2D eigenvalue weighted by Gasteiger charge is -2.03. The van der Waals surface area contributed by atoms with Crippen molar-refractivity contribution in [1.29, 1.82) is 0 Å². The summed E-state index contributed by atoms with van der Waals surface area (Å²) < 4.78 is 6.09. The second kappa shape index (κ2) is 7.59. The molecule has 1 aromatic heterocycles. The van der Waals surface area contributed by atoms with Gasteiger partial charge in [-0.15, -0.1) is 0 Å². The number of nitrogens with one attached hydrogen (secondary N) is 1. The number of amides is 1. The van der Waals surface area contributed by atoms with Crippen molar-refractivity contribution in [3.63, 3.8) is 0 Å². The number of rotatable bonds is 5. The Hall–Kier alpha value is -2.18. The Morgan fingerprint density at radius 2 is 2.04 bits per heavy atom. The number of nitrogens with zero attached hydrogens (tertiary/aromatic N) is 2. The maximum absolute atomic E-state index is 12.0. The lowest BCUT2D eigenvalue weighted by Crippen LogP contribution is -2.24. The van der Waals surface area contributed by atoms with Crippen LogP contribution < -0.4 is 5.32 Å². The first-order chi connectivity index (χ1) is 11.6. The predicted molar refractivity (Wildman–Crippen MR) is 94.4 cm³/mol. The first-order valence-electron chi connectivity index (χ1n) is 7.20. The fourth-order valence-electron chi connectivity index (χ4n) is 2.14. The van der Waals surface area contributed by atoms with Crippen LogP contribution >= 0.6 is 27.5 Å². The van der Waals surface area contributed by atoms with Gasteiger partial charge in [0.1, 0.15) is 0 Å². The monoisotopic (exact) mass is 405 g/mol. The smallest absolute Gasteiger partial charge is 0.246 e. The van der Waals surface area contributed by atoms with Gasteiger partial charge in [0.25, 0.3) is 0 Å². The summed E-state index contributed by atoms with van der Waals surface area (Å²) in [6.07, 6.45) is 0.286. The maximum atomic E-state index is 12.0. The zero-order valence-corrected chi connectivity index (χ0v) is 14.8. The Balaban J connectivity index is 1.58. The van der Waals surface area contributed by atoms with E-state index in [-0.39, 0.29) is 18.9 Å². The van der Waals surface area contributed by atoms with Crippen molar-refractivity contribution in [3.05, 3.63) is 69.5 Å². The fraction of sp³-hybridized carbons (Fsp3) is 0.118. The number of halogens is 2. The molecule has 0 saturated carbocycles. The summed E-state index contributed by atoms with van der Waals surface area (Å²) in [5, 5.41) is 7.26. The van der Waals surface area contributed by atoms with Crippen molar-refractivity contribution in [2.45, 2.75) is 13.0 Å². The quantitative estimate of drug-likeness (QED) is 0.695. The predicted octanol–water partition coefficient (Wildman–Crippen LogP) is 4.01. The molecule has 0 bridgehead atoms. The SMILES string of the molecule is O=C(Cc1cccc(Br)c1)NCc1nc(-c2cccc(Cl)c2)no1. The molecule has 3 rings (SSSR count). The lowest BCUT2D eigenvalue weighted by atomic mass is 10.1. The van der Waals surface area contributed by atoms with Gasteiger partial charge in [0, 0.05) is 15.1 Å². The number of carbonyl (C=O) groups excluding carboxylic acids is 1. The van der Waals surface area contributed by atoms with Crippen LogP contribution in [0.1, 0.15) is 11.5 Å². The maximum Gasteiger partial charge on any atom is 0.246 e. The Morgan fingerprint density at radius 3 is 2.83 bits per heavy atom. The minimum atomic E-state index is -0.115. The highest BCUT2D eigenvalue weighted by Gasteiger charge is 2.10. The third kappa shape index (κ3) is 4.43. The molecule has 0 aliphatic rings. The van der Waals surface area contributed by atoms with Crippen LogP contribution in [0.2, 0.25) is 5.02 Å². The highest BCUT2D eigenvalue weighted by atomic mass is 79.9. The Bertz CT molecular complexity index is 866. The van der Waals surface area contributed by atoms with E-state index in [2.05, 4.69) is 31.4 Å². The van der Waals surface area contributed by atoms with Crippen LogP contribution in [0, 0.1) is 0 Å². The summed E-state index contributed by atoms with van der Waals surface area (Å²) in [7, 11) is 0. The molecule has 0 fully saturated rings. The van der Waals surface area contributed by atoms with E-state index in [1.165, 1.54) is 0 Å². The van der Waals surface area contributed by atoms with E-state index in [1.54, 1.807) is 12.1 Å². The van der Waals surface area contributed by atoms with E-state index in [9.17, 15) is 4.79 Å². The zero-order valence-electron chi connectivity index (χ0n) is 12.5. The second-order valence-electron chi connectivity index (χ2n) is 5.11. The van der Waals surface area contributed by atoms with Crippen LogP contribution in [0.4, 0.5) is 0 Å². The molecule has 122 valence electrons. The van der Waals surface area contributed by atoms with Gasteiger partial charge in [-0.25, -0.2) is 0 Å². The van der Waals surface area contributed by atoms with Gasteiger partial charge in [0.2, 0.25) is 17.6 Å². The number of carbonyl (C=O) groups is 1. The average molecular weight is 407 g/mol. The molecule has 5 nitrogen and oxygen atoms in total. The molecular formula is C17H13BrClN3O2. The van der Waals surface area contributed by atoms with Gasteiger partial charge >= 0.3 is 0 Å². The van der Waals surface area contributed by atoms with Gasteiger partial charge in [0.05, 0.1) is 13.0 Å². The summed E-state index contributed by atoms with van der Waals surface area (Å²) in [5.41, 5.74) is 1.69. The van der Waals surface area contributed by atoms with E-state index < -0.39 is 0 Å². The van der Waals surface area contributed by atoms with E-state index in [0.717, 1.165) is 15.6 Å². The zero-order chi connectivity index (χ0) is 16.9. The Labute approximate surface area is 152 Å². The fourth-order valence-corrected chi connectivity index (χ4v) is 2.78. The molecule has 0 saturated heterocycles. The largest absolute Gasteiger partial charge is 0.347 e. The van der Waals surface area contributed by atoms with Crippen molar-refractivity contribution in [2.24, 2.45) is 0 Å². The van der Waals surface area contributed by atoms with Gasteiger partial charge in [-0.05, 0) is 29.8 Å². The van der Waals surface area contributed by atoms with E-state index in [0.29, 0.717) is 16.7 Å². The molecule has 0 aliphatic heterocycles. The molecule has 24 heavy (non-hydrogen) atoms. The van der Waals surface area contributed by atoms with Crippen molar-refractivity contribution in [2.75, 3.05) is 0 Å². The molecule has 0 spiro atoms. The summed E-state index contributed by atoms with van der Waals surface area (Å²) >= 11 is 9.33. The number of aromatic nitrogens is 2. The van der Waals surface area contributed by atoms with Crippen LogP contribution in [0.5, 0.6) is 0 Å². The molecule has 1 N–H and O–H groups in total.